The Morgan fingerprint density at radius 2 is 2.09 bits per heavy atom. The number of methoxy groups -OCH3 is 1. The van der Waals surface area contributed by atoms with Gasteiger partial charge < -0.3 is 9.15 Å². The highest BCUT2D eigenvalue weighted by Crippen LogP contribution is 2.44. The zero-order valence-electron chi connectivity index (χ0n) is 19.7. The predicted molar refractivity (Wildman–Crippen MR) is 131 cm³/mol. The normalized spacial score (nSPS) is 15.9. The molecule has 1 aromatic carbocycles. The van der Waals surface area contributed by atoms with Gasteiger partial charge in [0, 0.05) is 10.4 Å². The SMILES string of the molecule is COC(=O)c1ccc(-c2ccc(C=Nc3sc4c(c3C#N)CC[C@@H](C(C)(C)C)C4)o2)c(C)c1. The predicted octanol–water partition coefficient (Wildman–Crippen LogP) is 6.88. The van der Waals surface area contributed by atoms with Gasteiger partial charge in [-0.1, -0.05) is 26.8 Å². The zero-order chi connectivity index (χ0) is 23.8. The summed E-state index contributed by atoms with van der Waals surface area (Å²) in [4.78, 5) is 17.7. The Kier molecular flexibility index (Phi) is 6.27. The minimum atomic E-state index is -0.363. The fourth-order valence-electron chi connectivity index (χ4n) is 4.39. The third-order valence-electron chi connectivity index (χ3n) is 6.43. The molecular formula is C27H28N2O3S. The van der Waals surface area contributed by atoms with Gasteiger partial charge in [0.25, 0.3) is 0 Å². The molecule has 0 fully saturated rings. The summed E-state index contributed by atoms with van der Waals surface area (Å²) in [5, 5.41) is 10.5. The summed E-state index contributed by atoms with van der Waals surface area (Å²) in [5.41, 5.74) is 4.47. The van der Waals surface area contributed by atoms with E-state index in [1.54, 1.807) is 29.7 Å². The lowest BCUT2D eigenvalue weighted by Crippen LogP contribution is -2.26. The van der Waals surface area contributed by atoms with Gasteiger partial charge >= 0.3 is 5.97 Å². The largest absolute Gasteiger partial charge is 0.465 e. The number of nitriles is 1. The van der Waals surface area contributed by atoms with E-state index in [1.807, 2.05) is 25.1 Å². The van der Waals surface area contributed by atoms with E-state index in [4.69, 9.17) is 9.15 Å². The van der Waals surface area contributed by atoms with Crippen molar-refractivity contribution in [3.05, 3.63) is 63.2 Å². The summed E-state index contributed by atoms with van der Waals surface area (Å²) >= 11 is 1.63. The lowest BCUT2D eigenvalue weighted by atomic mass is 9.72. The van der Waals surface area contributed by atoms with E-state index in [0.29, 0.717) is 28.6 Å². The highest BCUT2D eigenvalue weighted by atomic mass is 32.1. The molecule has 0 saturated heterocycles. The first-order chi connectivity index (χ1) is 15.7. The minimum Gasteiger partial charge on any atom is -0.465 e. The smallest absolute Gasteiger partial charge is 0.337 e. The van der Waals surface area contributed by atoms with Gasteiger partial charge in [-0.3, -0.25) is 0 Å². The Morgan fingerprint density at radius 3 is 2.76 bits per heavy atom. The van der Waals surface area contributed by atoms with Crippen LogP contribution in [0.4, 0.5) is 5.00 Å². The monoisotopic (exact) mass is 460 g/mol. The van der Waals surface area contributed by atoms with Crippen molar-refractivity contribution in [3.63, 3.8) is 0 Å². The fraction of sp³-hybridized carbons (Fsp3) is 0.370. The van der Waals surface area contributed by atoms with Gasteiger partial charge in [0.1, 0.15) is 22.6 Å². The number of hydrogen-bond donors (Lipinski definition) is 0. The van der Waals surface area contributed by atoms with Gasteiger partial charge in [-0.05, 0) is 72.9 Å². The van der Waals surface area contributed by atoms with Crippen molar-refractivity contribution in [2.75, 3.05) is 7.11 Å². The molecule has 0 saturated carbocycles. The van der Waals surface area contributed by atoms with Crippen LogP contribution in [0.3, 0.4) is 0 Å². The first kappa shape index (κ1) is 23.0. The van der Waals surface area contributed by atoms with Crippen LogP contribution in [-0.4, -0.2) is 19.3 Å². The Balaban J connectivity index is 1.57. The molecule has 0 bridgehead atoms. The van der Waals surface area contributed by atoms with Crippen molar-refractivity contribution >= 4 is 28.5 Å². The number of fused-ring (bicyclic) bond motifs is 1. The number of benzene rings is 1. The zero-order valence-corrected chi connectivity index (χ0v) is 20.5. The van der Waals surface area contributed by atoms with Gasteiger partial charge in [0.2, 0.25) is 0 Å². The van der Waals surface area contributed by atoms with E-state index in [-0.39, 0.29) is 11.4 Å². The van der Waals surface area contributed by atoms with Crippen LogP contribution in [-0.2, 0) is 17.6 Å². The second kappa shape index (κ2) is 8.99. The van der Waals surface area contributed by atoms with Crippen LogP contribution in [0.25, 0.3) is 11.3 Å². The molecule has 0 spiro atoms. The molecule has 0 unspecified atom stereocenters. The molecule has 1 aliphatic carbocycles. The molecular weight excluding hydrogens is 432 g/mol. The molecule has 5 nitrogen and oxygen atoms in total. The summed E-state index contributed by atoms with van der Waals surface area (Å²) in [6, 6.07) is 11.5. The number of esters is 1. The number of carbonyl (C=O) groups excluding carboxylic acids is 1. The van der Waals surface area contributed by atoms with E-state index in [9.17, 15) is 10.1 Å². The molecule has 1 atom stereocenters. The van der Waals surface area contributed by atoms with Gasteiger partial charge in [-0.25, -0.2) is 9.79 Å². The molecule has 2 heterocycles. The molecule has 0 amide bonds. The van der Waals surface area contributed by atoms with Crippen LogP contribution in [0, 0.1) is 29.6 Å². The summed E-state index contributed by atoms with van der Waals surface area (Å²) in [7, 11) is 1.37. The van der Waals surface area contributed by atoms with Crippen LogP contribution in [0.2, 0.25) is 0 Å². The van der Waals surface area contributed by atoms with Crippen LogP contribution >= 0.6 is 11.3 Å². The number of hydrogen-bond acceptors (Lipinski definition) is 6. The molecule has 0 aliphatic heterocycles. The lowest BCUT2D eigenvalue weighted by molar-refractivity contribution is 0.0600. The Labute approximate surface area is 198 Å². The van der Waals surface area contributed by atoms with Crippen molar-refractivity contribution < 1.29 is 13.9 Å². The number of ether oxygens (including phenoxy) is 1. The minimum absolute atomic E-state index is 0.260. The summed E-state index contributed by atoms with van der Waals surface area (Å²) in [6.45, 7) is 8.80. The number of thiophene rings is 1. The quantitative estimate of drug-likeness (QED) is 0.314. The molecule has 0 N–H and O–H groups in total. The molecule has 1 aliphatic rings. The van der Waals surface area contributed by atoms with E-state index < -0.39 is 0 Å². The van der Waals surface area contributed by atoms with E-state index in [0.717, 1.165) is 35.4 Å². The second-order valence-electron chi connectivity index (χ2n) is 9.58. The molecule has 170 valence electrons. The van der Waals surface area contributed by atoms with Gasteiger partial charge in [0.05, 0.1) is 24.5 Å². The van der Waals surface area contributed by atoms with E-state index in [1.165, 1.54) is 17.6 Å². The van der Waals surface area contributed by atoms with Gasteiger partial charge in [-0.2, -0.15) is 5.26 Å². The number of aliphatic imine (C=N–C) groups is 1. The van der Waals surface area contributed by atoms with E-state index in [2.05, 4.69) is 31.8 Å². The van der Waals surface area contributed by atoms with Crippen LogP contribution < -0.4 is 0 Å². The summed E-state index contributed by atoms with van der Waals surface area (Å²) in [5.74, 6) is 1.57. The average molecular weight is 461 g/mol. The fourth-order valence-corrected chi connectivity index (χ4v) is 5.61. The molecule has 0 radical (unpaired) electrons. The van der Waals surface area contributed by atoms with Crippen molar-refractivity contribution in [3.8, 4) is 17.4 Å². The lowest BCUT2D eigenvalue weighted by Gasteiger charge is -2.33. The van der Waals surface area contributed by atoms with Gasteiger partial charge in [0.15, 0.2) is 0 Å². The average Bonchev–Trinajstić information content (AvgIpc) is 3.39. The van der Waals surface area contributed by atoms with Crippen LogP contribution in [0.5, 0.6) is 0 Å². The number of aryl methyl sites for hydroxylation is 1. The first-order valence-electron chi connectivity index (χ1n) is 11.1. The summed E-state index contributed by atoms with van der Waals surface area (Å²) < 4.78 is 10.8. The first-order valence-corrected chi connectivity index (χ1v) is 11.9. The van der Waals surface area contributed by atoms with Crippen LogP contribution in [0.1, 0.15) is 64.9 Å². The molecule has 2 aromatic heterocycles. The van der Waals surface area contributed by atoms with Crippen molar-refractivity contribution in [1.29, 1.82) is 5.26 Å². The number of rotatable bonds is 4. The topological polar surface area (TPSA) is 75.6 Å². The Hall–Kier alpha value is -3.17. The Bertz CT molecular complexity index is 1270. The maximum atomic E-state index is 11.7. The molecule has 3 aromatic rings. The highest BCUT2D eigenvalue weighted by Gasteiger charge is 2.32. The highest BCUT2D eigenvalue weighted by molar-refractivity contribution is 7.16. The molecule has 6 heteroatoms. The number of furan rings is 1. The molecule has 4 rings (SSSR count). The third kappa shape index (κ3) is 4.65. The van der Waals surface area contributed by atoms with E-state index >= 15 is 0 Å². The van der Waals surface area contributed by atoms with Crippen molar-refractivity contribution in [2.24, 2.45) is 16.3 Å². The Morgan fingerprint density at radius 1 is 1.30 bits per heavy atom. The third-order valence-corrected chi connectivity index (χ3v) is 7.59. The second-order valence-corrected chi connectivity index (χ2v) is 10.7. The molecule has 33 heavy (non-hydrogen) atoms. The maximum absolute atomic E-state index is 11.7. The maximum Gasteiger partial charge on any atom is 0.337 e. The standard InChI is InChI=1S/C27H28N2O3S/c1-16-12-17(26(30)31-5)6-9-20(16)23-11-8-19(32-23)15-29-25-22(14-28)21-10-7-18(27(2,3)4)13-24(21)33-25/h6,8-9,11-12,15,18H,7,10,13H2,1-5H3/t18-/m1/s1. The number of carbonyl (C=O) groups is 1. The van der Waals surface area contributed by atoms with Crippen molar-refractivity contribution in [2.45, 2.75) is 47.0 Å². The summed E-state index contributed by atoms with van der Waals surface area (Å²) in [6.07, 6.45) is 4.75. The van der Waals surface area contributed by atoms with Crippen molar-refractivity contribution in [1.82, 2.24) is 0 Å². The number of nitrogens with zero attached hydrogens (tertiary/aromatic N) is 2. The van der Waals surface area contributed by atoms with Gasteiger partial charge in [-0.15, -0.1) is 11.3 Å². The van der Waals surface area contributed by atoms with Crippen LogP contribution in [0.15, 0.2) is 39.7 Å².